The zero-order chi connectivity index (χ0) is 21.0. The molecule has 2 amide bonds. The summed E-state index contributed by atoms with van der Waals surface area (Å²) in [5.74, 6) is -0.140. The molecule has 4 rings (SSSR count). The Labute approximate surface area is 176 Å². The van der Waals surface area contributed by atoms with Crippen LogP contribution in [0.1, 0.15) is 43.2 Å². The Kier molecular flexibility index (Phi) is 6.04. The second kappa shape index (κ2) is 8.88. The van der Waals surface area contributed by atoms with Crippen LogP contribution in [0.25, 0.3) is 0 Å². The maximum absolute atomic E-state index is 13.2. The van der Waals surface area contributed by atoms with Crippen LogP contribution in [-0.4, -0.2) is 40.6 Å². The van der Waals surface area contributed by atoms with Crippen LogP contribution >= 0.6 is 0 Å². The molecule has 158 valence electrons. The standard InChI is InChI=1S/C24H28N2O4/c27-22-20(25-23(28)30-17-18-10-4-1-5-11-18)16-24(29,19-12-6-2-7-13-19)21-14-8-3-9-15-26(21)22/h1-2,4-7,10-13,20-21,29H,3,8-9,14-17H2,(H,25,28)/t20-,21+,24+/m0/s1. The number of benzene rings is 2. The summed E-state index contributed by atoms with van der Waals surface area (Å²) in [6.07, 6.45) is 3.14. The second-order valence-electron chi connectivity index (χ2n) is 8.15. The molecule has 2 aliphatic heterocycles. The van der Waals surface area contributed by atoms with Crippen molar-refractivity contribution < 1.29 is 19.4 Å². The lowest BCUT2D eigenvalue weighted by Gasteiger charge is -2.49. The van der Waals surface area contributed by atoms with Crippen molar-refractivity contribution in [3.05, 3.63) is 71.8 Å². The van der Waals surface area contributed by atoms with E-state index in [9.17, 15) is 14.7 Å². The summed E-state index contributed by atoms with van der Waals surface area (Å²) in [6.45, 7) is 0.721. The summed E-state index contributed by atoms with van der Waals surface area (Å²) in [5, 5.41) is 14.5. The van der Waals surface area contributed by atoms with Crippen LogP contribution in [0.4, 0.5) is 4.79 Å². The molecule has 2 aromatic rings. The van der Waals surface area contributed by atoms with Crippen molar-refractivity contribution in [3.8, 4) is 0 Å². The Morgan fingerprint density at radius 2 is 1.77 bits per heavy atom. The SMILES string of the molecule is O=C(N[C@H]1C[C@@](O)(c2ccccc2)[C@H]2CCCCCN2C1=O)OCc1ccccc1. The van der Waals surface area contributed by atoms with Gasteiger partial charge in [0.05, 0.1) is 6.04 Å². The first-order valence-electron chi connectivity index (χ1n) is 10.6. The number of ether oxygens (including phenoxy) is 1. The van der Waals surface area contributed by atoms with Gasteiger partial charge in [-0.15, -0.1) is 0 Å². The summed E-state index contributed by atoms with van der Waals surface area (Å²) >= 11 is 0. The third kappa shape index (κ3) is 4.19. The highest BCUT2D eigenvalue weighted by atomic mass is 16.5. The number of hydrogen-bond donors (Lipinski definition) is 2. The van der Waals surface area contributed by atoms with E-state index in [0.717, 1.165) is 36.8 Å². The molecule has 2 aromatic carbocycles. The van der Waals surface area contributed by atoms with E-state index in [1.807, 2.05) is 60.7 Å². The fraction of sp³-hybridized carbons (Fsp3) is 0.417. The number of nitrogens with zero attached hydrogens (tertiary/aromatic N) is 1. The number of piperidine rings is 1. The molecule has 2 saturated heterocycles. The fourth-order valence-corrected chi connectivity index (χ4v) is 4.66. The highest BCUT2D eigenvalue weighted by Gasteiger charge is 2.52. The van der Waals surface area contributed by atoms with Crippen LogP contribution in [-0.2, 0) is 21.7 Å². The van der Waals surface area contributed by atoms with Crippen molar-refractivity contribution in [2.45, 2.75) is 56.4 Å². The van der Waals surface area contributed by atoms with Gasteiger partial charge in [-0.25, -0.2) is 4.79 Å². The maximum atomic E-state index is 13.2. The molecule has 0 spiro atoms. The van der Waals surface area contributed by atoms with Gasteiger partial charge >= 0.3 is 6.09 Å². The number of fused-ring (bicyclic) bond motifs is 1. The van der Waals surface area contributed by atoms with Crippen LogP contribution in [0.2, 0.25) is 0 Å². The highest BCUT2D eigenvalue weighted by Crippen LogP contribution is 2.41. The first-order chi connectivity index (χ1) is 14.6. The quantitative estimate of drug-likeness (QED) is 0.813. The second-order valence-corrected chi connectivity index (χ2v) is 8.15. The molecule has 6 nitrogen and oxygen atoms in total. The molecule has 0 saturated carbocycles. The Balaban J connectivity index is 1.53. The third-order valence-corrected chi connectivity index (χ3v) is 6.18. The molecule has 3 atom stereocenters. The van der Waals surface area contributed by atoms with Gasteiger partial charge in [-0.05, 0) is 24.0 Å². The molecule has 2 fully saturated rings. The van der Waals surface area contributed by atoms with Gasteiger partial charge < -0.3 is 20.1 Å². The molecule has 30 heavy (non-hydrogen) atoms. The smallest absolute Gasteiger partial charge is 0.408 e. The molecule has 2 N–H and O–H groups in total. The normalized spacial score (nSPS) is 26.4. The number of amides is 2. The molecule has 2 heterocycles. The molecule has 0 radical (unpaired) electrons. The zero-order valence-electron chi connectivity index (χ0n) is 17.0. The van der Waals surface area contributed by atoms with E-state index >= 15 is 0 Å². The largest absolute Gasteiger partial charge is 0.445 e. The Morgan fingerprint density at radius 1 is 1.07 bits per heavy atom. The number of carbonyl (C=O) groups excluding carboxylic acids is 2. The number of nitrogens with one attached hydrogen (secondary N) is 1. The molecule has 0 aliphatic carbocycles. The number of hydrogen-bond acceptors (Lipinski definition) is 4. The highest BCUT2D eigenvalue weighted by molar-refractivity contribution is 5.87. The lowest BCUT2D eigenvalue weighted by Crippen LogP contribution is -2.65. The predicted molar refractivity (Wildman–Crippen MR) is 112 cm³/mol. The van der Waals surface area contributed by atoms with Crippen LogP contribution < -0.4 is 5.32 Å². The van der Waals surface area contributed by atoms with Gasteiger partial charge in [0.1, 0.15) is 18.2 Å². The van der Waals surface area contributed by atoms with Gasteiger partial charge in [0.2, 0.25) is 5.91 Å². The van der Waals surface area contributed by atoms with E-state index in [1.54, 1.807) is 4.90 Å². The summed E-state index contributed by atoms with van der Waals surface area (Å²) in [4.78, 5) is 27.4. The first-order valence-corrected chi connectivity index (χ1v) is 10.6. The van der Waals surface area contributed by atoms with E-state index in [-0.39, 0.29) is 25.0 Å². The molecule has 2 aliphatic rings. The van der Waals surface area contributed by atoms with E-state index in [0.29, 0.717) is 6.54 Å². The van der Waals surface area contributed by atoms with Crippen molar-refractivity contribution in [2.24, 2.45) is 0 Å². The number of aliphatic hydroxyl groups is 1. The summed E-state index contributed by atoms with van der Waals surface area (Å²) in [6, 6.07) is 17.7. The topological polar surface area (TPSA) is 78.9 Å². The molecule has 0 bridgehead atoms. The van der Waals surface area contributed by atoms with Crippen molar-refractivity contribution in [1.82, 2.24) is 10.2 Å². The molecule has 6 heteroatoms. The van der Waals surface area contributed by atoms with Gasteiger partial charge in [-0.2, -0.15) is 0 Å². The summed E-state index contributed by atoms with van der Waals surface area (Å²) in [7, 11) is 0. The van der Waals surface area contributed by atoms with Crippen molar-refractivity contribution >= 4 is 12.0 Å². The number of rotatable bonds is 4. The lowest BCUT2D eigenvalue weighted by molar-refractivity contribution is -0.158. The minimum absolute atomic E-state index is 0.128. The fourth-order valence-electron chi connectivity index (χ4n) is 4.66. The Bertz CT molecular complexity index is 873. The van der Waals surface area contributed by atoms with Crippen LogP contribution in [0.15, 0.2) is 60.7 Å². The Morgan fingerprint density at radius 3 is 2.50 bits per heavy atom. The average Bonchev–Trinajstić information content (AvgIpc) is 3.04. The minimum atomic E-state index is -1.21. The van der Waals surface area contributed by atoms with Crippen molar-refractivity contribution in [2.75, 3.05) is 6.54 Å². The van der Waals surface area contributed by atoms with Crippen molar-refractivity contribution in [1.29, 1.82) is 0 Å². The van der Waals surface area contributed by atoms with E-state index in [4.69, 9.17) is 4.74 Å². The summed E-state index contributed by atoms with van der Waals surface area (Å²) in [5.41, 5.74) is 0.437. The molecular formula is C24H28N2O4. The first kappa shape index (κ1) is 20.4. The number of alkyl carbamates (subject to hydrolysis) is 1. The van der Waals surface area contributed by atoms with Crippen LogP contribution in [0, 0.1) is 0 Å². The third-order valence-electron chi connectivity index (χ3n) is 6.18. The van der Waals surface area contributed by atoms with Gasteiger partial charge in [0.15, 0.2) is 0 Å². The molecule has 0 aromatic heterocycles. The average molecular weight is 408 g/mol. The Hall–Kier alpha value is -2.86. The van der Waals surface area contributed by atoms with Gasteiger partial charge in [-0.3, -0.25) is 4.79 Å². The minimum Gasteiger partial charge on any atom is -0.445 e. The van der Waals surface area contributed by atoms with E-state index < -0.39 is 17.7 Å². The maximum Gasteiger partial charge on any atom is 0.408 e. The lowest BCUT2D eigenvalue weighted by atomic mass is 9.75. The molecule has 0 unspecified atom stereocenters. The summed E-state index contributed by atoms with van der Waals surface area (Å²) < 4.78 is 5.31. The zero-order valence-corrected chi connectivity index (χ0v) is 17.0. The molecular weight excluding hydrogens is 380 g/mol. The predicted octanol–water partition coefficient (Wildman–Crippen LogP) is 3.34. The van der Waals surface area contributed by atoms with Gasteiger partial charge in [0.25, 0.3) is 0 Å². The number of carbonyl (C=O) groups is 2. The van der Waals surface area contributed by atoms with Crippen molar-refractivity contribution in [3.63, 3.8) is 0 Å². The van der Waals surface area contributed by atoms with Gasteiger partial charge in [0, 0.05) is 13.0 Å². The van der Waals surface area contributed by atoms with E-state index in [1.165, 1.54) is 0 Å². The van der Waals surface area contributed by atoms with Crippen LogP contribution in [0.3, 0.4) is 0 Å². The monoisotopic (exact) mass is 408 g/mol. The van der Waals surface area contributed by atoms with E-state index in [2.05, 4.69) is 5.32 Å². The van der Waals surface area contributed by atoms with Crippen LogP contribution in [0.5, 0.6) is 0 Å². The van der Waals surface area contributed by atoms with Gasteiger partial charge in [-0.1, -0.05) is 73.5 Å².